The summed E-state index contributed by atoms with van der Waals surface area (Å²) in [6, 6.07) is 13.5. The second-order valence-corrected chi connectivity index (χ2v) is 6.78. The smallest absolute Gasteiger partial charge is 0.251 e. The number of hydrogen-bond acceptors (Lipinski definition) is 4. The first-order valence-electron chi connectivity index (χ1n) is 8.63. The molecule has 2 N–H and O–H groups in total. The molecule has 3 aromatic rings. The molecule has 0 saturated carbocycles. The molecule has 1 aliphatic rings. The van der Waals surface area contributed by atoms with Crippen LogP contribution in [-0.4, -0.2) is 28.7 Å². The van der Waals surface area contributed by atoms with Gasteiger partial charge in [0.15, 0.2) is 0 Å². The van der Waals surface area contributed by atoms with Crippen molar-refractivity contribution in [2.24, 2.45) is 0 Å². The predicted octanol–water partition coefficient (Wildman–Crippen LogP) is 3.73. The lowest BCUT2D eigenvalue weighted by molar-refractivity contribution is -0.123. The molecule has 2 amide bonds. The van der Waals surface area contributed by atoms with Gasteiger partial charge in [0, 0.05) is 16.3 Å². The minimum absolute atomic E-state index is 0.0226. The van der Waals surface area contributed by atoms with E-state index >= 15 is 0 Å². The molecule has 8 heteroatoms. The van der Waals surface area contributed by atoms with Gasteiger partial charge < -0.3 is 15.4 Å². The molecule has 0 radical (unpaired) electrons. The number of benzene rings is 2. The largest absolute Gasteiger partial charge is 0.497 e. The van der Waals surface area contributed by atoms with E-state index in [1.807, 2.05) is 24.3 Å². The van der Waals surface area contributed by atoms with Crippen LogP contribution in [0.1, 0.15) is 12.5 Å². The number of amides is 2. The number of carbonyl (C=O) groups excluding carboxylic acids is 2. The van der Waals surface area contributed by atoms with Gasteiger partial charge in [-0.05, 0) is 42.0 Å². The Hall–Kier alpha value is -3.32. The van der Waals surface area contributed by atoms with Crippen LogP contribution in [0.5, 0.6) is 5.75 Å². The zero-order chi connectivity index (χ0) is 19.7. The summed E-state index contributed by atoms with van der Waals surface area (Å²) in [5.41, 5.74) is 2.30. The fourth-order valence-electron chi connectivity index (χ4n) is 3.12. The first-order valence-corrected chi connectivity index (χ1v) is 9.01. The van der Waals surface area contributed by atoms with Crippen molar-refractivity contribution in [3.8, 4) is 16.9 Å². The number of methoxy groups -OCH3 is 1. The molecular formula is C20H17ClN4O3. The van der Waals surface area contributed by atoms with E-state index in [-0.39, 0.29) is 18.2 Å². The van der Waals surface area contributed by atoms with Crippen LogP contribution in [0.15, 0.2) is 54.7 Å². The lowest BCUT2D eigenvalue weighted by atomic mass is 10.1. The number of nitrogens with zero attached hydrogens (tertiary/aromatic N) is 2. The van der Waals surface area contributed by atoms with Crippen LogP contribution in [0.25, 0.3) is 11.1 Å². The van der Waals surface area contributed by atoms with E-state index in [4.69, 9.17) is 16.3 Å². The monoisotopic (exact) mass is 396 g/mol. The molecular weight excluding hydrogens is 380 g/mol. The number of fused-ring (bicyclic) bond motifs is 1. The van der Waals surface area contributed by atoms with E-state index in [0.717, 1.165) is 16.9 Å². The Morgan fingerprint density at radius 3 is 2.61 bits per heavy atom. The van der Waals surface area contributed by atoms with E-state index in [0.29, 0.717) is 16.5 Å². The van der Waals surface area contributed by atoms with Crippen molar-refractivity contribution >= 4 is 34.9 Å². The Labute approximate surface area is 166 Å². The molecule has 1 aromatic heterocycles. The van der Waals surface area contributed by atoms with Crippen LogP contribution in [0.3, 0.4) is 0 Å². The molecule has 0 saturated heterocycles. The molecule has 0 bridgehead atoms. The van der Waals surface area contributed by atoms with E-state index in [2.05, 4.69) is 15.7 Å². The molecule has 1 atom stereocenters. The van der Waals surface area contributed by atoms with Crippen molar-refractivity contribution in [1.82, 2.24) is 9.78 Å². The minimum atomic E-state index is -0.700. The number of ether oxygens (including phenoxy) is 1. The highest BCUT2D eigenvalue weighted by Gasteiger charge is 2.35. The second kappa shape index (κ2) is 7.36. The van der Waals surface area contributed by atoms with Gasteiger partial charge in [-0.3, -0.25) is 9.59 Å². The number of anilines is 2. The highest BCUT2D eigenvalue weighted by molar-refractivity contribution is 6.30. The van der Waals surface area contributed by atoms with E-state index < -0.39 is 6.04 Å². The molecule has 2 heterocycles. The fourth-order valence-corrected chi connectivity index (χ4v) is 3.24. The number of rotatable bonds is 5. The first kappa shape index (κ1) is 18.1. The second-order valence-electron chi connectivity index (χ2n) is 6.34. The molecule has 1 unspecified atom stereocenters. The van der Waals surface area contributed by atoms with Gasteiger partial charge in [-0.2, -0.15) is 5.10 Å². The molecule has 2 aromatic carbocycles. The summed E-state index contributed by atoms with van der Waals surface area (Å²) < 4.78 is 6.73. The van der Waals surface area contributed by atoms with Crippen LogP contribution in [0.4, 0.5) is 11.5 Å². The van der Waals surface area contributed by atoms with Crippen molar-refractivity contribution in [3.63, 3.8) is 0 Å². The Kier molecular flexibility index (Phi) is 4.75. The lowest BCUT2D eigenvalue weighted by Crippen LogP contribution is -2.23. The van der Waals surface area contributed by atoms with Gasteiger partial charge in [0.2, 0.25) is 5.91 Å². The van der Waals surface area contributed by atoms with Crippen LogP contribution in [0.2, 0.25) is 5.02 Å². The Balaban J connectivity index is 1.52. The van der Waals surface area contributed by atoms with Gasteiger partial charge >= 0.3 is 0 Å². The van der Waals surface area contributed by atoms with Gasteiger partial charge in [0.25, 0.3) is 5.91 Å². The van der Waals surface area contributed by atoms with Gasteiger partial charge in [0.05, 0.1) is 19.7 Å². The van der Waals surface area contributed by atoms with Crippen molar-refractivity contribution in [2.45, 2.75) is 12.5 Å². The summed E-state index contributed by atoms with van der Waals surface area (Å²) in [5.74, 6) is 0.786. The molecule has 0 fully saturated rings. The number of nitrogens with one attached hydrogen (secondary N) is 2. The average Bonchev–Trinajstić information content (AvgIpc) is 3.23. The van der Waals surface area contributed by atoms with Gasteiger partial charge in [-0.25, -0.2) is 4.68 Å². The average molecular weight is 397 g/mol. The summed E-state index contributed by atoms with van der Waals surface area (Å²) in [6.45, 7) is 0. The number of aromatic nitrogens is 2. The Morgan fingerprint density at radius 1 is 1.21 bits per heavy atom. The number of hydrogen-bond donors (Lipinski definition) is 2. The Bertz CT molecular complexity index is 1030. The van der Waals surface area contributed by atoms with Crippen LogP contribution in [-0.2, 0) is 9.59 Å². The van der Waals surface area contributed by atoms with Gasteiger partial charge in [-0.15, -0.1) is 0 Å². The maximum Gasteiger partial charge on any atom is 0.251 e. The highest BCUT2D eigenvalue weighted by Crippen LogP contribution is 2.36. The van der Waals surface area contributed by atoms with Gasteiger partial charge in [0.1, 0.15) is 17.6 Å². The van der Waals surface area contributed by atoms with Crippen LogP contribution < -0.4 is 15.4 Å². The third-order valence-corrected chi connectivity index (χ3v) is 4.79. The molecule has 7 nitrogen and oxygen atoms in total. The predicted molar refractivity (Wildman–Crippen MR) is 107 cm³/mol. The van der Waals surface area contributed by atoms with Crippen molar-refractivity contribution in [1.29, 1.82) is 0 Å². The third-order valence-electron chi connectivity index (χ3n) is 4.54. The highest BCUT2D eigenvalue weighted by atomic mass is 35.5. The van der Waals surface area contributed by atoms with Crippen LogP contribution in [0, 0.1) is 0 Å². The quantitative estimate of drug-likeness (QED) is 0.688. The number of carbonyl (C=O) groups is 2. The summed E-state index contributed by atoms with van der Waals surface area (Å²) in [7, 11) is 1.60. The molecule has 1 aliphatic heterocycles. The van der Waals surface area contributed by atoms with E-state index in [1.54, 1.807) is 42.3 Å². The SMILES string of the molecule is COc1ccc(-c2cnn3c2NC(=O)C3CC(=O)Nc2ccc(Cl)cc2)cc1. The summed E-state index contributed by atoms with van der Waals surface area (Å²) in [6.07, 6.45) is 1.66. The zero-order valence-corrected chi connectivity index (χ0v) is 15.7. The topological polar surface area (TPSA) is 85.2 Å². The summed E-state index contributed by atoms with van der Waals surface area (Å²) in [4.78, 5) is 24.8. The minimum Gasteiger partial charge on any atom is -0.497 e. The molecule has 0 aliphatic carbocycles. The molecule has 142 valence electrons. The Morgan fingerprint density at radius 2 is 1.93 bits per heavy atom. The first-order chi connectivity index (χ1) is 13.5. The van der Waals surface area contributed by atoms with E-state index in [9.17, 15) is 9.59 Å². The third kappa shape index (κ3) is 3.44. The molecule has 28 heavy (non-hydrogen) atoms. The van der Waals surface area contributed by atoms with Crippen molar-refractivity contribution in [3.05, 3.63) is 59.8 Å². The van der Waals surface area contributed by atoms with Gasteiger partial charge in [-0.1, -0.05) is 23.7 Å². The maximum atomic E-state index is 12.4. The summed E-state index contributed by atoms with van der Waals surface area (Å²) in [5, 5.41) is 10.5. The fraction of sp³-hybridized carbons (Fsp3) is 0.150. The lowest BCUT2D eigenvalue weighted by Gasteiger charge is -2.10. The summed E-state index contributed by atoms with van der Waals surface area (Å²) >= 11 is 5.85. The standard InChI is InChI=1S/C20H17ClN4O3/c1-28-15-8-2-12(3-9-15)16-11-22-25-17(20(27)24-19(16)25)10-18(26)23-14-6-4-13(21)5-7-14/h2-9,11,17H,10H2,1H3,(H,23,26)(H,24,27). The zero-order valence-electron chi connectivity index (χ0n) is 15.0. The molecule has 4 rings (SSSR count). The normalized spacial score (nSPS) is 15.1. The maximum absolute atomic E-state index is 12.4. The van der Waals surface area contributed by atoms with Crippen molar-refractivity contribution < 1.29 is 14.3 Å². The van der Waals surface area contributed by atoms with Crippen molar-refractivity contribution in [2.75, 3.05) is 17.7 Å². The van der Waals surface area contributed by atoms with Crippen LogP contribution >= 0.6 is 11.6 Å². The molecule has 0 spiro atoms. The van der Waals surface area contributed by atoms with E-state index in [1.165, 1.54) is 0 Å². The number of halogens is 1.